The van der Waals surface area contributed by atoms with Crippen molar-refractivity contribution < 1.29 is 4.21 Å². The lowest BCUT2D eigenvalue weighted by Crippen LogP contribution is -1.97. The fourth-order valence-electron chi connectivity index (χ4n) is 1.16. The maximum atomic E-state index is 11.2. The van der Waals surface area contributed by atoms with Crippen LogP contribution in [0.3, 0.4) is 0 Å². The largest absolute Gasteiger partial charge is 0.398 e. The number of benzene rings is 1. The molecule has 1 aromatic carbocycles. The second-order valence-electron chi connectivity index (χ2n) is 2.93. The lowest BCUT2D eigenvalue weighted by Gasteiger charge is -2.06. The van der Waals surface area contributed by atoms with Crippen LogP contribution in [0.25, 0.3) is 0 Å². The van der Waals surface area contributed by atoms with Gasteiger partial charge in [0.15, 0.2) is 0 Å². The first kappa shape index (κ1) is 9.26. The number of aryl methyl sites for hydroxylation is 2. The van der Waals surface area contributed by atoms with Gasteiger partial charge in [0.2, 0.25) is 0 Å². The Hall–Kier alpha value is -0.830. The van der Waals surface area contributed by atoms with Crippen molar-refractivity contribution in [2.24, 2.45) is 0 Å². The number of nitrogens with two attached hydrogens (primary N) is 1. The van der Waals surface area contributed by atoms with E-state index in [2.05, 4.69) is 0 Å². The van der Waals surface area contributed by atoms with E-state index in [1.807, 2.05) is 19.9 Å². The zero-order valence-corrected chi connectivity index (χ0v) is 8.37. The normalized spacial score (nSPS) is 12.9. The minimum absolute atomic E-state index is 0.714. The lowest BCUT2D eigenvalue weighted by atomic mass is 10.1. The molecule has 0 aromatic heterocycles. The second kappa shape index (κ2) is 3.27. The van der Waals surface area contributed by atoms with Crippen LogP contribution in [0.15, 0.2) is 17.0 Å². The molecule has 1 rings (SSSR count). The molecule has 2 nitrogen and oxygen atoms in total. The van der Waals surface area contributed by atoms with E-state index in [1.54, 1.807) is 12.3 Å². The molecule has 0 amide bonds. The topological polar surface area (TPSA) is 43.1 Å². The monoisotopic (exact) mass is 183 g/mol. The molecule has 0 aliphatic heterocycles. The van der Waals surface area contributed by atoms with Gasteiger partial charge in [0.1, 0.15) is 0 Å². The van der Waals surface area contributed by atoms with E-state index in [1.165, 1.54) is 0 Å². The Kier molecular flexibility index (Phi) is 2.52. The van der Waals surface area contributed by atoms with Gasteiger partial charge in [-0.2, -0.15) is 0 Å². The third-order valence-electron chi connectivity index (χ3n) is 1.87. The van der Waals surface area contributed by atoms with E-state index < -0.39 is 10.8 Å². The van der Waals surface area contributed by atoms with E-state index >= 15 is 0 Å². The van der Waals surface area contributed by atoms with Crippen molar-refractivity contribution in [1.82, 2.24) is 0 Å². The van der Waals surface area contributed by atoms with Crippen molar-refractivity contribution >= 4 is 16.5 Å². The summed E-state index contributed by atoms with van der Waals surface area (Å²) in [5.74, 6) is 0. The molecule has 3 heteroatoms. The van der Waals surface area contributed by atoms with E-state index in [9.17, 15) is 4.21 Å². The van der Waals surface area contributed by atoms with Gasteiger partial charge in [0.25, 0.3) is 0 Å². The Labute approximate surface area is 75.2 Å². The summed E-state index contributed by atoms with van der Waals surface area (Å²) in [7, 11) is -0.939. The van der Waals surface area contributed by atoms with E-state index in [0.29, 0.717) is 5.69 Å². The molecule has 0 spiro atoms. The Morgan fingerprint density at radius 1 is 1.25 bits per heavy atom. The van der Waals surface area contributed by atoms with Crippen LogP contribution in [-0.2, 0) is 10.8 Å². The lowest BCUT2D eigenvalue weighted by molar-refractivity contribution is 0.686. The molecule has 0 saturated carbocycles. The van der Waals surface area contributed by atoms with Gasteiger partial charge < -0.3 is 5.73 Å². The quantitative estimate of drug-likeness (QED) is 0.672. The molecule has 0 radical (unpaired) electrons. The van der Waals surface area contributed by atoms with Gasteiger partial charge in [0.05, 0.1) is 10.8 Å². The molecule has 0 bridgehead atoms. The van der Waals surface area contributed by atoms with Crippen molar-refractivity contribution in [3.05, 3.63) is 23.3 Å². The number of nitrogen functional groups attached to an aromatic ring is 1. The SMILES string of the molecule is Cc1cc(C)c(S(C)=O)cc1N. The average Bonchev–Trinajstić information content (AvgIpc) is 1.96. The van der Waals surface area contributed by atoms with E-state index in [4.69, 9.17) is 5.73 Å². The van der Waals surface area contributed by atoms with Crippen molar-refractivity contribution in [2.45, 2.75) is 18.7 Å². The fraction of sp³-hybridized carbons (Fsp3) is 0.333. The Morgan fingerprint density at radius 2 is 1.83 bits per heavy atom. The standard InChI is InChI=1S/C9H13NOS/c1-6-4-7(2)9(12(3)11)5-8(6)10/h4-5H,10H2,1-3H3. The maximum absolute atomic E-state index is 11.2. The third kappa shape index (κ3) is 1.67. The van der Waals surface area contributed by atoms with Crippen molar-refractivity contribution in [3.63, 3.8) is 0 Å². The van der Waals surface area contributed by atoms with Gasteiger partial charge in [-0.05, 0) is 31.0 Å². The van der Waals surface area contributed by atoms with Crippen LogP contribution in [0.1, 0.15) is 11.1 Å². The van der Waals surface area contributed by atoms with Crippen LogP contribution in [-0.4, -0.2) is 10.5 Å². The highest BCUT2D eigenvalue weighted by Crippen LogP contribution is 2.19. The van der Waals surface area contributed by atoms with Crippen LogP contribution < -0.4 is 5.73 Å². The molecular formula is C9H13NOS. The first-order chi connectivity index (χ1) is 5.52. The van der Waals surface area contributed by atoms with Crippen molar-refractivity contribution in [3.8, 4) is 0 Å². The zero-order chi connectivity index (χ0) is 9.30. The minimum Gasteiger partial charge on any atom is -0.398 e. The summed E-state index contributed by atoms with van der Waals surface area (Å²) in [5.41, 5.74) is 8.49. The number of hydrogen-bond acceptors (Lipinski definition) is 2. The van der Waals surface area contributed by atoms with Gasteiger partial charge >= 0.3 is 0 Å². The highest BCUT2D eigenvalue weighted by atomic mass is 32.2. The number of hydrogen-bond donors (Lipinski definition) is 1. The van der Waals surface area contributed by atoms with E-state index in [-0.39, 0.29) is 0 Å². The van der Waals surface area contributed by atoms with Crippen LogP contribution >= 0.6 is 0 Å². The minimum atomic E-state index is -0.939. The fourth-order valence-corrected chi connectivity index (χ4v) is 1.96. The number of anilines is 1. The summed E-state index contributed by atoms with van der Waals surface area (Å²) >= 11 is 0. The van der Waals surface area contributed by atoms with Crippen molar-refractivity contribution in [2.75, 3.05) is 12.0 Å². The second-order valence-corrected chi connectivity index (χ2v) is 4.28. The van der Waals surface area contributed by atoms with Crippen molar-refractivity contribution in [1.29, 1.82) is 0 Å². The molecule has 1 unspecified atom stereocenters. The van der Waals surface area contributed by atoms with Gasteiger partial charge in [-0.15, -0.1) is 0 Å². The van der Waals surface area contributed by atoms with Crippen LogP contribution in [0.4, 0.5) is 5.69 Å². The third-order valence-corrected chi connectivity index (χ3v) is 2.93. The Balaban J connectivity index is 3.33. The summed E-state index contributed by atoms with van der Waals surface area (Å²) in [6.45, 7) is 3.90. The molecule has 0 heterocycles. The average molecular weight is 183 g/mol. The summed E-state index contributed by atoms with van der Waals surface area (Å²) in [4.78, 5) is 0.832. The molecule has 0 saturated heterocycles. The predicted molar refractivity (Wildman–Crippen MR) is 52.7 cm³/mol. The zero-order valence-electron chi connectivity index (χ0n) is 7.55. The van der Waals surface area contributed by atoms with Gasteiger partial charge in [-0.1, -0.05) is 6.07 Å². The molecule has 66 valence electrons. The molecule has 0 aliphatic carbocycles. The van der Waals surface area contributed by atoms with Gasteiger partial charge in [0, 0.05) is 16.8 Å². The smallest absolute Gasteiger partial charge is 0.0501 e. The van der Waals surface area contributed by atoms with Gasteiger partial charge in [-0.25, -0.2) is 0 Å². The summed E-state index contributed by atoms with van der Waals surface area (Å²) in [6, 6.07) is 3.76. The summed E-state index contributed by atoms with van der Waals surface area (Å²) < 4.78 is 11.2. The first-order valence-electron chi connectivity index (χ1n) is 3.72. The van der Waals surface area contributed by atoms with E-state index in [0.717, 1.165) is 16.0 Å². The predicted octanol–water partition coefficient (Wildman–Crippen LogP) is 1.62. The summed E-state index contributed by atoms with van der Waals surface area (Å²) in [5, 5.41) is 0. The molecule has 0 aliphatic rings. The Morgan fingerprint density at radius 3 is 2.33 bits per heavy atom. The molecule has 2 N–H and O–H groups in total. The molecule has 1 aromatic rings. The highest BCUT2D eigenvalue weighted by molar-refractivity contribution is 7.84. The van der Waals surface area contributed by atoms with Gasteiger partial charge in [-0.3, -0.25) is 4.21 Å². The molecule has 1 atom stereocenters. The van der Waals surface area contributed by atoms with Crippen LogP contribution in [0, 0.1) is 13.8 Å². The molecule has 12 heavy (non-hydrogen) atoms. The van der Waals surface area contributed by atoms with Crippen LogP contribution in [0.5, 0.6) is 0 Å². The first-order valence-corrected chi connectivity index (χ1v) is 5.28. The maximum Gasteiger partial charge on any atom is 0.0501 e. The molecule has 0 fully saturated rings. The van der Waals surface area contributed by atoms with Crippen LogP contribution in [0.2, 0.25) is 0 Å². The summed E-state index contributed by atoms with van der Waals surface area (Å²) in [6.07, 6.45) is 1.66. The highest BCUT2D eigenvalue weighted by Gasteiger charge is 2.04. The molecular weight excluding hydrogens is 170 g/mol. The Bertz CT molecular complexity index is 334. The number of rotatable bonds is 1.